The molecule has 1 rings (SSSR count). The highest BCUT2D eigenvalue weighted by atomic mass is 16.5. The number of methoxy groups -OCH3 is 1. The molecule has 0 aliphatic carbocycles. The van der Waals surface area contributed by atoms with Gasteiger partial charge in [-0.05, 0) is 18.2 Å². The van der Waals surface area contributed by atoms with E-state index in [4.69, 9.17) is 4.74 Å². The van der Waals surface area contributed by atoms with Gasteiger partial charge in [-0.1, -0.05) is 0 Å². The molecular weight excluding hydrogens is 168 g/mol. The minimum atomic E-state index is 0.640. The van der Waals surface area contributed by atoms with Crippen molar-refractivity contribution in [2.75, 3.05) is 24.8 Å². The van der Waals surface area contributed by atoms with Crippen LogP contribution in [0.15, 0.2) is 18.2 Å². The highest BCUT2D eigenvalue weighted by molar-refractivity contribution is 5.75. The molecule has 0 heterocycles. The van der Waals surface area contributed by atoms with Crippen molar-refractivity contribution in [3.63, 3.8) is 0 Å². The van der Waals surface area contributed by atoms with Gasteiger partial charge in [0.15, 0.2) is 0 Å². The number of hydrogen-bond donors (Lipinski definition) is 2. The van der Waals surface area contributed by atoms with E-state index in [0.717, 1.165) is 17.1 Å². The lowest BCUT2D eigenvalue weighted by Gasteiger charge is -2.09. The molecule has 1 aromatic rings. The zero-order valence-electron chi connectivity index (χ0n) is 7.63. The maximum Gasteiger partial charge on any atom is 0.211 e. The number of rotatable bonds is 4. The van der Waals surface area contributed by atoms with Crippen LogP contribution in [-0.2, 0) is 4.79 Å². The fraction of sp³-hybridized carbons (Fsp3) is 0.222. The number of hydrogen-bond acceptors (Lipinski definition) is 3. The second-order valence-corrected chi connectivity index (χ2v) is 2.43. The molecule has 1 amide bonds. The predicted octanol–water partition coefficient (Wildman–Crippen LogP) is 1.31. The summed E-state index contributed by atoms with van der Waals surface area (Å²) in [4.78, 5) is 10.2. The second kappa shape index (κ2) is 4.35. The van der Waals surface area contributed by atoms with E-state index in [1.807, 2.05) is 0 Å². The summed E-state index contributed by atoms with van der Waals surface area (Å²) in [5, 5.41) is 5.52. The molecule has 0 saturated carbocycles. The first-order valence-electron chi connectivity index (χ1n) is 3.87. The summed E-state index contributed by atoms with van der Waals surface area (Å²) in [6.45, 7) is 0. The molecule has 70 valence electrons. The highest BCUT2D eigenvalue weighted by Gasteiger charge is 2.01. The fourth-order valence-electron chi connectivity index (χ4n) is 1.06. The largest absolute Gasteiger partial charge is 0.495 e. The van der Waals surface area contributed by atoms with Gasteiger partial charge in [0.25, 0.3) is 0 Å². The maximum atomic E-state index is 10.2. The zero-order valence-corrected chi connectivity index (χ0v) is 7.63. The minimum Gasteiger partial charge on any atom is -0.495 e. The van der Waals surface area contributed by atoms with Crippen LogP contribution in [0.3, 0.4) is 0 Å². The number of amides is 1. The summed E-state index contributed by atoms with van der Waals surface area (Å²) < 4.78 is 5.09. The summed E-state index contributed by atoms with van der Waals surface area (Å²) in [6, 6.07) is 5.36. The van der Waals surface area contributed by atoms with E-state index in [-0.39, 0.29) is 0 Å². The zero-order chi connectivity index (χ0) is 9.68. The van der Waals surface area contributed by atoms with E-state index in [9.17, 15) is 4.79 Å². The third-order valence-corrected chi connectivity index (χ3v) is 1.69. The summed E-state index contributed by atoms with van der Waals surface area (Å²) in [7, 11) is 3.39. The Morgan fingerprint density at radius 1 is 1.46 bits per heavy atom. The number of ether oxygens (including phenoxy) is 1. The number of carbonyl (C=O) groups is 1. The van der Waals surface area contributed by atoms with Gasteiger partial charge in [-0.2, -0.15) is 0 Å². The SMILES string of the molecule is CNc1cc(NC=O)ccc1OC. The topological polar surface area (TPSA) is 50.4 Å². The molecule has 0 unspecified atom stereocenters. The molecule has 0 aliphatic rings. The lowest BCUT2D eigenvalue weighted by Crippen LogP contribution is -1.97. The van der Waals surface area contributed by atoms with E-state index < -0.39 is 0 Å². The van der Waals surface area contributed by atoms with Gasteiger partial charge in [-0.15, -0.1) is 0 Å². The van der Waals surface area contributed by atoms with Crippen molar-refractivity contribution in [3.8, 4) is 5.75 Å². The van der Waals surface area contributed by atoms with Gasteiger partial charge in [0.05, 0.1) is 12.8 Å². The van der Waals surface area contributed by atoms with Crippen LogP contribution in [0.1, 0.15) is 0 Å². The standard InChI is InChI=1S/C9H12N2O2/c1-10-8-5-7(11-6-12)3-4-9(8)13-2/h3-6,10H,1-2H3,(H,11,12). The summed E-state index contributed by atoms with van der Waals surface area (Å²) in [5.74, 6) is 0.749. The third-order valence-electron chi connectivity index (χ3n) is 1.69. The number of anilines is 2. The Bertz CT molecular complexity index is 300. The van der Waals surface area contributed by atoms with Crippen molar-refractivity contribution in [3.05, 3.63) is 18.2 Å². The smallest absolute Gasteiger partial charge is 0.211 e. The Morgan fingerprint density at radius 3 is 2.77 bits per heavy atom. The molecule has 0 aliphatic heterocycles. The average Bonchev–Trinajstić information content (AvgIpc) is 2.18. The molecule has 4 heteroatoms. The van der Waals surface area contributed by atoms with Gasteiger partial charge >= 0.3 is 0 Å². The number of carbonyl (C=O) groups excluding carboxylic acids is 1. The van der Waals surface area contributed by atoms with Crippen molar-refractivity contribution in [2.45, 2.75) is 0 Å². The van der Waals surface area contributed by atoms with Gasteiger partial charge in [-0.3, -0.25) is 4.79 Å². The van der Waals surface area contributed by atoms with E-state index in [1.165, 1.54) is 0 Å². The molecule has 0 saturated heterocycles. The molecule has 4 nitrogen and oxygen atoms in total. The first-order valence-corrected chi connectivity index (χ1v) is 3.87. The lowest BCUT2D eigenvalue weighted by atomic mass is 10.2. The van der Waals surface area contributed by atoms with Crippen molar-refractivity contribution in [1.29, 1.82) is 0 Å². The van der Waals surface area contributed by atoms with Crippen LogP contribution in [0.25, 0.3) is 0 Å². The maximum absolute atomic E-state index is 10.2. The molecule has 2 N–H and O–H groups in total. The molecular formula is C9H12N2O2. The van der Waals surface area contributed by atoms with Crippen molar-refractivity contribution >= 4 is 17.8 Å². The van der Waals surface area contributed by atoms with Gasteiger partial charge in [0, 0.05) is 12.7 Å². The van der Waals surface area contributed by atoms with E-state index >= 15 is 0 Å². The first-order chi connectivity index (χ1) is 6.31. The molecule has 1 aromatic carbocycles. The minimum absolute atomic E-state index is 0.640. The Labute approximate surface area is 76.9 Å². The molecule has 0 atom stereocenters. The van der Waals surface area contributed by atoms with Crippen molar-refractivity contribution in [1.82, 2.24) is 0 Å². The predicted molar refractivity (Wildman–Crippen MR) is 52.2 cm³/mol. The molecule has 0 spiro atoms. The number of nitrogens with one attached hydrogen (secondary N) is 2. The van der Waals surface area contributed by atoms with Crippen LogP contribution in [0.5, 0.6) is 5.75 Å². The Morgan fingerprint density at radius 2 is 2.23 bits per heavy atom. The number of benzene rings is 1. The molecule has 0 aromatic heterocycles. The van der Waals surface area contributed by atoms with Crippen LogP contribution in [0.2, 0.25) is 0 Å². The van der Waals surface area contributed by atoms with Crippen LogP contribution in [0.4, 0.5) is 11.4 Å². The normalized spacial score (nSPS) is 9.08. The van der Waals surface area contributed by atoms with Crippen molar-refractivity contribution < 1.29 is 9.53 Å². The van der Waals surface area contributed by atoms with Crippen LogP contribution >= 0.6 is 0 Å². The van der Waals surface area contributed by atoms with Crippen LogP contribution < -0.4 is 15.4 Å². The van der Waals surface area contributed by atoms with E-state index in [2.05, 4.69) is 10.6 Å². The van der Waals surface area contributed by atoms with Crippen LogP contribution in [-0.4, -0.2) is 20.6 Å². The summed E-state index contributed by atoms with van der Waals surface area (Å²) in [5.41, 5.74) is 1.58. The average molecular weight is 180 g/mol. The summed E-state index contributed by atoms with van der Waals surface area (Å²) in [6.07, 6.45) is 0.640. The monoisotopic (exact) mass is 180 g/mol. The van der Waals surface area contributed by atoms with E-state index in [1.54, 1.807) is 32.4 Å². The first kappa shape index (κ1) is 9.38. The highest BCUT2D eigenvalue weighted by Crippen LogP contribution is 2.26. The van der Waals surface area contributed by atoms with Crippen LogP contribution in [0, 0.1) is 0 Å². The van der Waals surface area contributed by atoms with Gasteiger partial charge in [-0.25, -0.2) is 0 Å². The second-order valence-electron chi connectivity index (χ2n) is 2.43. The Hall–Kier alpha value is -1.71. The van der Waals surface area contributed by atoms with Crippen molar-refractivity contribution in [2.24, 2.45) is 0 Å². The summed E-state index contributed by atoms with van der Waals surface area (Å²) >= 11 is 0. The quantitative estimate of drug-likeness (QED) is 0.687. The van der Waals surface area contributed by atoms with Gasteiger partial charge in [0.2, 0.25) is 6.41 Å². The van der Waals surface area contributed by atoms with Gasteiger partial charge in [0.1, 0.15) is 5.75 Å². The fourth-order valence-corrected chi connectivity index (χ4v) is 1.06. The van der Waals surface area contributed by atoms with E-state index in [0.29, 0.717) is 6.41 Å². The molecule has 0 radical (unpaired) electrons. The Kier molecular flexibility index (Phi) is 3.14. The Balaban J connectivity index is 2.98. The lowest BCUT2D eigenvalue weighted by molar-refractivity contribution is -0.105. The molecule has 13 heavy (non-hydrogen) atoms. The molecule has 0 fully saturated rings. The molecule has 0 bridgehead atoms. The third kappa shape index (κ3) is 2.11. The van der Waals surface area contributed by atoms with Gasteiger partial charge < -0.3 is 15.4 Å².